The van der Waals surface area contributed by atoms with E-state index in [-0.39, 0.29) is 17.0 Å². The third-order valence-corrected chi connectivity index (χ3v) is 6.09. The van der Waals surface area contributed by atoms with Crippen LogP contribution >= 0.6 is 23.1 Å². The number of carbonyl (C=O) groups is 1. The Morgan fingerprint density at radius 1 is 1.26 bits per heavy atom. The molecule has 1 atom stereocenters. The Hall–Kier alpha value is -1.40. The van der Waals surface area contributed by atoms with E-state index in [9.17, 15) is 13.6 Å². The van der Waals surface area contributed by atoms with Crippen molar-refractivity contribution < 1.29 is 13.6 Å². The van der Waals surface area contributed by atoms with Crippen LogP contribution < -0.4 is 0 Å². The van der Waals surface area contributed by atoms with E-state index in [0.29, 0.717) is 31.5 Å². The molecule has 0 N–H and O–H groups in total. The molecule has 1 aromatic carbocycles. The molecule has 6 heteroatoms. The highest BCUT2D eigenvalue weighted by atomic mass is 32.2. The van der Waals surface area contributed by atoms with Gasteiger partial charge in [-0.2, -0.15) is 11.8 Å². The maximum atomic E-state index is 13.9. The fourth-order valence-electron chi connectivity index (χ4n) is 2.70. The average Bonchev–Trinajstić information content (AvgIpc) is 2.91. The molecule has 2 nitrogen and oxygen atoms in total. The summed E-state index contributed by atoms with van der Waals surface area (Å²) in [6.07, 6.45) is 1.06. The van der Waals surface area contributed by atoms with Crippen molar-refractivity contribution in [2.24, 2.45) is 0 Å². The number of nitrogens with zero attached hydrogens (tertiary/aromatic N) is 1. The quantitative estimate of drug-likeness (QED) is 0.821. The molecule has 23 heavy (non-hydrogen) atoms. The maximum Gasteiger partial charge on any atom is 0.227 e. The van der Waals surface area contributed by atoms with Crippen LogP contribution in [0.25, 0.3) is 0 Å². The molecule has 3 rings (SSSR count). The minimum atomic E-state index is -0.420. The molecule has 0 saturated carbocycles. The van der Waals surface area contributed by atoms with Crippen molar-refractivity contribution >= 4 is 29.0 Å². The Balaban J connectivity index is 1.65. The summed E-state index contributed by atoms with van der Waals surface area (Å²) in [7, 11) is 0. The van der Waals surface area contributed by atoms with Crippen LogP contribution in [0, 0.1) is 11.6 Å². The van der Waals surface area contributed by atoms with Crippen molar-refractivity contribution in [3.63, 3.8) is 0 Å². The van der Waals surface area contributed by atoms with Crippen molar-refractivity contribution in [3.8, 4) is 0 Å². The van der Waals surface area contributed by atoms with Gasteiger partial charge in [-0.15, -0.1) is 11.3 Å². The molecule has 0 radical (unpaired) electrons. The minimum absolute atomic E-state index is 0.105. The van der Waals surface area contributed by atoms with Gasteiger partial charge in [0.05, 0.1) is 6.42 Å². The Kier molecular flexibility index (Phi) is 5.33. The molecule has 2 heterocycles. The molecule has 2 aromatic rings. The van der Waals surface area contributed by atoms with Crippen LogP contribution in [0.1, 0.15) is 22.1 Å². The zero-order chi connectivity index (χ0) is 16.2. The van der Waals surface area contributed by atoms with Gasteiger partial charge in [0.2, 0.25) is 5.91 Å². The van der Waals surface area contributed by atoms with E-state index < -0.39 is 5.82 Å². The second-order valence-corrected chi connectivity index (χ2v) is 7.79. The molecule has 1 aliphatic rings. The number of rotatable bonds is 3. The largest absolute Gasteiger partial charge is 0.342 e. The lowest BCUT2D eigenvalue weighted by molar-refractivity contribution is -0.130. The fourth-order valence-corrected chi connectivity index (χ4v) is 4.64. The summed E-state index contributed by atoms with van der Waals surface area (Å²) in [5, 5.41) is 1.86. The van der Waals surface area contributed by atoms with Crippen molar-refractivity contribution in [2.75, 3.05) is 18.8 Å². The smallest absolute Gasteiger partial charge is 0.227 e. The summed E-state index contributed by atoms with van der Waals surface area (Å²) in [5.41, 5.74) is 0.405. The number of hydrogen-bond donors (Lipinski definition) is 0. The SMILES string of the molecule is O=C(Cc1cccs1)N1CCSC(c2cc(F)ccc2F)CC1. The van der Waals surface area contributed by atoms with Crippen molar-refractivity contribution in [1.82, 2.24) is 4.90 Å². The average molecular weight is 353 g/mol. The van der Waals surface area contributed by atoms with E-state index in [1.165, 1.54) is 12.1 Å². The maximum absolute atomic E-state index is 13.9. The first-order valence-corrected chi connectivity index (χ1v) is 9.43. The van der Waals surface area contributed by atoms with Gasteiger partial charge in [0.1, 0.15) is 11.6 Å². The zero-order valence-electron chi connectivity index (χ0n) is 12.5. The molecule has 1 fully saturated rings. The molecular formula is C17H17F2NOS2. The first-order chi connectivity index (χ1) is 11.1. The predicted octanol–water partition coefficient (Wildman–Crippen LogP) is 4.28. The summed E-state index contributed by atoms with van der Waals surface area (Å²) >= 11 is 3.17. The van der Waals surface area contributed by atoms with E-state index >= 15 is 0 Å². The second kappa shape index (κ2) is 7.45. The molecule has 1 unspecified atom stereocenters. The number of thioether (sulfide) groups is 1. The van der Waals surface area contributed by atoms with Crippen LogP contribution in [-0.4, -0.2) is 29.6 Å². The predicted molar refractivity (Wildman–Crippen MR) is 90.8 cm³/mol. The second-order valence-electron chi connectivity index (χ2n) is 5.45. The minimum Gasteiger partial charge on any atom is -0.342 e. The Morgan fingerprint density at radius 2 is 2.13 bits per heavy atom. The van der Waals surface area contributed by atoms with Crippen molar-refractivity contribution in [2.45, 2.75) is 18.1 Å². The van der Waals surface area contributed by atoms with Gasteiger partial charge in [-0.1, -0.05) is 6.07 Å². The summed E-state index contributed by atoms with van der Waals surface area (Å²) in [6.45, 7) is 1.24. The summed E-state index contributed by atoms with van der Waals surface area (Å²) < 4.78 is 27.3. The first-order valence-electron chi connectivity index (χ1n) is 7.50. The highest BCUT2D eigenvalue weighted by Gasteiger charge is 2.24. The lowest BCUT2D eigenvalue weighted by Crippen LogP contribution is -2.34. The zero-order valence-corrected chi connectivity index (χ0v) is 14.1. The molecule has 1 saturated heterocycles. The third-order valence-electron chi connectivity index (χ3n) is 3.90. The highest BCUT2D eigenvalue weighted by Crippen LogP contribution is 2.36. The topological polar surface area (TPSA) is 20.3 Å². The lowest BCUT2D eigenvalue weighted by Gasteiger charge is -2.20. The molecular weight excluding hydrogens is 336 g/mol. The number of halogens is 2. The summed E-state index contributed by atoms with van der Waals surface area (Å²) in [5.74, 6) is 0.0455. The number of benzene rings is 1. The van der Waals surface area contributed by atoms with Crippen LogP contribution in [0.2, 0.25) is 0 Å². The Labute approximate surface area is 142 Å². The number of hydrogen-bond acceptors (Lipinski definition) is 3. The number of thiophene rings is 1. The lowest BCUT2D eigenvalue weighted by atomic mass is 10.1. The van der Waals surface area contributed by atoms with E-state index in [4.69, 9.17) is 0 Å². The fraction of sp³-hybridized carbons (Fsp3) is 0.353. The Morgan fingerprint density at radius 3 is 2.91 bits per heavy atom. The van der Waals surface area contributed by atoms with E-state index in [0.717, 1.165) is 16.7 Å². The summed E-state index contributed by atoms with van der Waals surface area (Å²) in [4.78, 5) is 15.3. The standard InChI is InChI=1S/C17H17F2NOS2/c18-12-3-4-15(19)14(10-12)16-5-6-20(7-9-23-16)17(21)11-13-2-1-8-22-13/h1-4,8,10,16H,5-7,9,11H2. The molecule has 0 bridgehead atoms. The van der Waals surface area contributed by atoms with Crippen LogP contribution in [0.5, 0.6) is 0 Å². The van der Waals surface area contributed by atoms with Crippen molar-refractivity contribution in [1.29, 1.82) is 0 Å². The Bertz CT molecular complexity index is 675. The molecule has 0 aliphatic carbocycles. The van der Waals surface area contributed by atoms with Gasteiger partial charge in [-0.05, 0) is 36.1 Å². The summed E-state index contributed by atoms with van der Waals surface area (Å²) in [6, 6.07) is 7.48. The molecule has 1 aromatic heterocycles. The normalized spacial score (nSPS) is 18.7. The monoisotopic (exact) mass is 353 g/mol. The van der Waals surface area contributed by atoms with Crippen LogP contribution in [0.15, 0.2) is 35.7 Å². The van der Waals surface area contributed by atoms with Crippen molar-refractivity contribution in [3.05, 3.63) is 57.8 Å². The molecule has 1 aliphatic heterocycles. The van der Waals surface area contributed by atoms with Gasteiger partial charge in [0, 0.05) is 34.5 Å². The van der Waals surface area contributed by atoms with Gasteiger partial charge < -0.3 is 4.90 Å². The van der Waals surface area contributed by atoms with Gasteiger partial charge in [-0.25, -0.2) is 8.78 Å². The van der Waals surface area contributed by atoms with E-state index in [2.05, 4.69) is 0 Å². The van der Waals surface area contributed by atoms with E-state index in [1.807, 2.05) is 22.4 Å². The molecule has 1 amide bonds. The number of carbonyl (C=O) groups excluding carboxylic acids is 1. The van der Waals surface area contributed by atoms with Gasteiger partial charge >= 0.3 is 0 Å². The van der Waals surface area contributed by atoms with Gasteiger partial charge in [-0.3, -0.25) is 4.79 Å². The van der Waals surface area contributed by atoms with Crippen LogP contribution in [0.3, 0.4) is 0 Å². The van der Waals surface area contributed by atoms with Gasteiger partial charge in [0.15, 0.2) is 0 Å². The van der Waals surface area contributed by atoms with E-state index in [1.54, 1.807) is 23.1 Å². The molecule has 0 spiro atoms. The third kappa shape index (κ3) is 4.12. The first kappa shape index (κ1) is 16.5. The van der Waals surface area contributed by atoms with Crippen LogP contribution in [0.4, 0.5) is 8.78 Å². The highest BCUT2D eigenvalue weighted by molar-refractivity contribution is 7.99. The van der Waals surface area contributed by atoms with Crippen LogP contribution in [-0.2, 0) is 11.2 Å². The number of amides is 1. The molecule has 122 valence electrons. The van der Waals surface area contributed by atoms with Gasteiger partial charge in [0.25, 0.3) is 0 Å².